The van der Waals surface area contributed by atoms with Crippen LogP contribution in [-0.4, -0.2) is 37.2 Å². The Morgan fingerprint density at radius 3 is 1.81 bits per heavy atom. The number of hydrogen-bond donors (Lipinski definition) is 1. The van der Waals surface area contributed by atoms with E-state index in [0.717, 1.165) is 11.1 Å². The number of rotatable bonds is 7. The molecule has 0 aliphatic heterocycles. The number of methoxy groups -OCH3 is 1. The fourth-order valence-electron chi connectivity index (χ4n) is 2.93. The van der Waals surface area contributed by atoms with Gasteiger partial charge in [0.15, 0.2) is 0 Å². The molecule has 0 fully saturated rings. The molecule has 0 aliphatic carbocycles. The Kier molecular flexibility index (Phi) is 7.13. The minimum absolute atomic E-state index is 0.0901. The first-order chi connectivity index (χ1) is 12.8. The van der Waals surface area contributed by atoms with Crippen LogP contribution in [0.4, 0.5) is 0 Å². The lowest BCUT2D eigenvalue weighted by molar-refractivity contribution is -0.154. The topological polar surface area (TPSA) is 64.6 Å². The molecule has 0 aromatic heterocycles. The molecule has 5 heteroatoms. The Morgan fingerprint density at radius 1 is 0.926 bits per heavy atom. The summed E-state index contributed by atoms with van der Waals surface area (Å²) in [4.78, 5) is 24.7. The zero-order valence-electron chi connectivity index (χ0n) is 16.3. The standard InChI is InChI=1S/C22H27NO4/c1-22(2,3)27-18(24)15-23-20(21(25)26-4)19(16-11-7-5-8-12-16)17-13-9-6-10-14-17/h5-14,19-20,23H,15H2,1-4H3. The first kappa shape index (κ1) is 20.6. The van der Waals surface area contributed by atoms with Gasteiger partial charge in [0.05, 0.1) is 13.7 Å². The van der Waals surface area contributed by atoms with Crippen molar-refractivity contribution in [2.75, 3.05) is 13.7 Å². The van der Waals surface area contributed by atoms with Crippen molar-refractivity contribution in [3.05, 3.63) is 71.8 Å². The third kappa shape index (κ3) is 6.22. The van der Waals surface area contributed by atoms with Crippen molar-refractivity contribution in [1.82, 2.24) is 5.32 Å². The maximum absolute atomic E-state index is 12.6. The van der Waals surface area contributed by atoms with Crippen LogP contribution in [0.5, 0.6) is 0 Å². The third-order valence-electron chi connectivity index (χ3n) is 3.99. The number of esters is 2. The predicted octanol–water partition coefficient (Wildman–Crippen LogP) is 3.29. The summed E-state index contributed by atoms with van der Waals surface area (Å²) < 4.78 is 10.4. The number of carbonyl (C=O) groups is 2. The molecule has 27 heavy (non-hydrogen) atoms. The van der Waals surface area contributed by atoms with Crippen LogP contribution in [-0.2, 0) is 19.1 Å². The van der Waals surface area contributed by atoms with Gasteiger partial charge in [-0.3, -0.25) is 14.9 Å². The Hall–Kier alpha value is -2.66. The Balaban J connectivity index is 2.32. The Morgan fingerprint density at radius 2 is 1.41 bits per heavy atom. The molecule has 1 unspecified atom stereocenters. The van der Waals surface area contributed by atoms with Gasteiger partial charge in [0.2, 0.25) is 0 Å². The largest absolute Gasteiger partial charge is 0.468 e. The molecule has 0 spiro atoms. The van der Waals surface area contributed by atoms with Crippen molar-refractivity contribution < 1.29 is 19.1 Å². The van der Waals surface area contributed by atoms with Crippen molar-refractivity contribution in [3.8, 4) is 0 Å². The van der Waals surface area contributed by atoms with E-state index < -0.39 is 23.6 Å². The van der Waals surface area contributed by atoms with Gasteiger partial charge < -0.3 is 9.47 Å². The van der Waals surface area contributed by atoms with E-state index in [2.05, 4.69) is 5.32 Å². The highest BCUT2D eigenvalue weighted by molar-refractivity contribution is 5.79. The molecule has 2 aromatic carbocycles. The highest BCUT2D eigenvalue weighted by atomic mass is 16.6. The first-order valence-electron chi connectivity index (χ1n) is 8.95. The molecule has 0 saturated carbocycles. The first-order valence-corrected chi connectivity index (χ1v) is 8.95. The minimum atomic E-state index is -0.729. The van der Waals surface area contributed by atoms with Crippen LogP contribution in [0, 0.1) is 0 Å². The van der Waals surface area contributed by atoms with Gasteiger partial charge in [0.1, 0.15) is 11.6 Å². The van der Waals surface area contributed by atoms with E-state index >= 15 is 0 Å². The molecule has 0 heterocycles. The SMILES string of the molecule is COC(=O)C(NCC(=O)OC(C)(C)C)C(c1ccccc1)c1ccccc1. The maximum atomic E-state index is 12.6. The second-order valence-electron chi connectivity index (χ2n) is 7.27. The summed E-state index contributed by atoms with van der Waals surface area (Å²) in [6, 6.07) is 18.7. The summed E-state index contributed by atoms with van der Waals surface area (Å²) in [6.45, 7) is 5.32. The van der Waals surface area contributed by atoms with E-state index in [9.17, 15) is 9.59 Å². The number of nitrogens with one attached hydrogen (secondary N) is 1. The van der Waals surface area contributed by atoms with Gasteiger partial charge in [0.25, 0.3) is 0 Å². The van der Waals surface area contributed by atoms with Crippen molar-refractivity contribution in [2.24, 2.45) is 0 Å². The normalized spacial score (nSPS) is 12.5. The van der Waals surface area contributed by atoms with E-state index in [1.807, 2.05) is 60.7 Å². The third-order valence-corrected chi connectivity index (χ3v) is 3.99. The highest BCUT2D eigenvalue weighted by Gasteiger charge is 2.32. The van der Waals surface area contributed by atoms with Crippen LogP contribution in [0.25, 0.3) is 0 Å². The maximum Gasteiger partial charge on any atom is 0.323 e. The van der Waals surface area contributed by atoms with Crippen LogP contribution in [0.3, 0.4) is 0 Å². The summed E-state index contributed by atoms with van der Waals surface area (Å²) in [5.41, 5.74) is 1.32. The summed E-state index contributed by atoms with van der Waals surface area (Å²) >= 11 is 0. The van der Waals surface area contributed by atoms with E-state index in [0.29, 0.717) is 0 Å². The van der Waals surface area contributed by atoms with Gasteiger partial charge >= 0.3 is 11.9 Å². The van der Waals surface area contributed by atoms with E-state index in [4.69, 9.17) is 9.47 Å². The number of benzene rings is 2. The Bertz CT molecular complexity index is 698. The van der Waals surface area contributed by atoms with Crippen molar-refractivity contribution in [2.45, 2.75) is 38.3 Å². The lowest BCUT2D eigenvalue weighted by atomic mass is 9.85. The van der Waals surface area contributed by atoms with Gasteiger partial charge in [-0.1, -0.05) is 60.7 Å². The van der Waals surface area contributed by atoms with Gasteiger partial charge in [-0.15, -0.1) is 0 Å². The lowest BCUT2D eigenvalue weighted by Gasteiger charge is -2.27. The second kappa shape index (κ2) is 9.33. The zero-order chi connectivity index (χ0) is 19.9. The average molecular weight is 369 g/mol. The molecule has 0 aliphatic rings. The minimum Gasteiger partial charge on any atom is -0.468 e. The lowest BCUT2D eigenvalue weighted by Crippen LogP contribution is -2.46. The molecule has 1 atom stereocenters. The van der Waals surface area contributed by atoms with Crippen LogP contribution >= 0.6 is 0 Å². The molecule has 0 amide bonds. The van der Waals surface area contributed by atoms with Crippen LogP contribution in [0.15, 0.2) is 60.7 Å². The van der Waals surface area contributed by atoms with Crippen molar-refractivity contribution in [1.29, 1.82) is 0 Å². The fourth-order valence-corrected chi connectivity index (χ4v) is 2.93. The zero-order valence-corrected chi connectivity index (χ0v) is 16.3. The van der Waals surface area contributed by atoms with Crippen LogP contribution < -0.4 is 5.32 Å². The van der Waals surface area contributed by atoms with Gasteiger partial charge in [-0.25, -0.2) is 0 Å². The van der Waals surface area contributed by atoms with E-state index in [1.165, 1.54) is 7.11 Å². The van der Waals surface area contributed by atoms with Gasteiger partial charge in [-0.05, 0) is 31.9 Å². The van der Waals surface area contributed by atoms with E-state index in [1.54, 1.807) is 20.8 Å². The molecular weight excluding hydrogens is 342 g/mol. The molecular formula is C22H27NO4. The van der Waals surface area contributed by atoms with Gasteiger partial charge in [-0.2, -0.15) is 0 Å². The summed E-state index contributed by atoms with van der Waals surface area (Å²) in [5.74, 6) is -1.16. The Labute approximate surface area is 160 Å². The molecule has 0 radical (unpaired) electrons. The van der Waals surface area contributed by atoms with Crippen molar-refractivity contribution in [3.63, 3.8) is 0 Å². The average Bonchev–Trinajstić information content (AvgIpc) is 2.64. The number of ether oxygens (including phenoxy) is 2. The quantitative estimate of drug-likeness (QED) is 0.759. The van der Waals surface area contributed by atoms with Crippen LogP contribution in [0.1, 0.15) is 37.8 Å². The smallest absolute Gasteiger partial charge is 0.323 e. The van der Waals surface area contributed by atoms with Crippen LogP contribution in [0.2, 0.25) is 0 Å². The summed E-state index contributed by atoms with van der Waals surface area (Å²) in [7, 11) is 1.34. The fraction of sp³-hybridized carbons (Fsp3) is 0.364. The second-order valence-corrected chi connectivity index (χ2v) is 7.27. The highest BCUT2D eigenvalue weighted by Crippen LogP contribution is 2.28. The summed E-state index contributed by atoms with van der Waals surface area (Å²) in [6.07, 6.45) is 0. The molecule has 144 valence electrons. The van der Waals surface area contributed by atoms with Crippen molar-refractivity contribution >= 4 is 11.9 Å². The molecule has 0 bridgehead atoms. The molecule has 0 saturated heterocycles. The van der Waals surface area contributed by atoms with Gasteiger partial charge in [0, 0.05) is 5.92 Å². The number of hydrogen-bond acceptors (Lipinski definition) is 5. The van der Waals surface area contributed by atoms with E-state index in [-0.39, 0.29) is 12.5 Å². The summed E-state index contributed by atoms with van der Waals surface area (Å²) in [5, 5.41) is 3.04. The number of carbonyl (C=O) groups excluding carboxylic acids is 2. The monoisotopic (exact) mass is 369 g/mol. The molecule has 2 rings (SSSR count). The molecule has 2 aromatic rings. The molecule has 5 nitrogen and oxygen atoms in total. The predicted molar refractivity (Wildman–Crippen MR) is 104 cm³/mol. The molecule has 1 N–H and O–H groups in total.